The van der Waals surface area contributed by atoms with Gasteiger partial charge in [-0.3, -0.25) is 0 Å². The third kappa shape index (κ3) is 3.10. The first-order valence-electron chi connectivity index (χ1n) is 7.21. The topological polar surface area (TPSA) is 83.4 Å². The highest BCUT2D eigenvalue weighted by Gasteiger charge is 2.38. The lowest BCUT2D eigenvalue weighted by Crippen LogP contribution is -2.40. The van der Waals surface area contributed by atoms with E-state index in [9.17, 15) is 4.39 Å². The third-order valence-electron chi connectivity index (χ3n) is 3.93. The van der Waals surface area contributed by atoms with Crippen LogP contribution in [0.4, 0.5) is 4.39 Å². The van der Waals surface area contributed by atoms with Gasteiger partial charge in [-0.15, -0.1) is 0 Å². The molecule has 0 atom stereocenters. The van der Waals surface area contributed by atoms with Gasteiger partial charge in [-0.05, 0) is 25.0 Å². The van der Waals surface area contributed by atoms with Crippen LogP contribution in [0.5, 0.6) is 5.75 Å². The van der Waals surface area contributed by atoms with Crippen molar-refractivity contribution in [2.45, 2.75) is 24.9 Å². The smallest absolute Gasteiger partial charge is 0.234 e. The molecule has 2 aromatic rings. The molecule has 1 saturated heterocycles. The Hall–Kier alpha value is -1.99. The zero-order valence-corrected chi connectivity index (χ0v) is 12.1. The molecule has 3 rings (SSSR count). The average molecular weight is 307 g/mol. The van der Waals surface area contributed by atoms with Crippen LogP contribution >= 0.6 is 0 Å². The van der Waals surface area contributed by atoms with Gasteiger partial charge in [0, 0.05) is 25.8 Å². The van der Waals surface area contributed by atoms with Gasteiger partial charge >= 0.3 is 0 Å². The van der Waals surface area contributed by atoms with Crippen molar-refractivity contribution in [3.05, 3.63) is 41.8 Å². The van der Waals surface area contributed by atoms with E-state index in [1.54, 1.807) is 12.1 Å². The molecule has 1 aromatic heterocycles. The summed E-state index contributed by atoms with van der Waals surface area (Å²) < 4.78 is 29.3. The second kappa shape index (κ2) is 6.41. The molecule has 0 unspecified atom stereocenters. The molecule has 22 heavy (non-hydrogen) atoms. The van der Waals surface area contributed by atoms with Crippen molar-refractivity contribution < 1.29 is 18.4 Å². The lowest BCUT2D eigenvalue weighted by Gasteiger charge is -2.32. The Kier molecular flexibility index (Phi) is 4.35. The fraction of sp³-hybridized carbons (Fsp3) is 0.467. The maximum atomic E-state index is 13.1. The Balaban J connectivity index is 1.68. The van der Waals surface area contributed by atoms with Crippen LogP contribution in [0.1, 0.15) is 24.6 Å². The summed E-state index contributed by atoms with van der Waals surface area (Å²) in [6.45, 7) is 1.82. The van der Waals surface area contributed by atoms with Gasteiger partial charge in [0.15, 0.2) is 6.61 Å². The molecular weight excluding hydrogens is 289 g/mol. The average Bonchev–Trinajstić information content (AvgIpc) is 3.03. The molecule has 0 aliphatic carbocycles. The van der Waals surface area contributed by atoms with Gasteiger partial charge in [-0.1, -0.05) is 11.2 Å². The Morgan fingerprint density at radius 1 is 1.32 bits per heavy atom. The lowest BCUT2D eigenvalue weighted by molar-refractivity contribution is 0.0409. The molecule has 1 fully saturated rings. The van der Waals surface area contributed by atoms with Crippen molar-refractivity contribution in [3.8, 4) is 5.75 Å². The minimum absolute atomic E-state index is 0.115. The Morgan fingerprint density at radius 3 is 2.86 bits per heavy atom. The maximum absolute atomic E-state index is 13.1. The highest BCUT2D eigenvalue weighted by molar-refractivity contribution is 5.22. The van der Waals surface area contributed by atoms with Crippen LogP contribution < -0.4 is 10.5 Å². The van der Waals surface area contributed by atoms with Crippen molar-refractivity contribution >= 4 is 0 Å². The van der Waals surface area contributed by atoms with Crippen LogP contribution in [0, 0.1) is 5.82 Å². The SMILES string of the molecule is NCC1(c2nc(COc3cccc(F)c3)no2)CCOCC1. The molecule has 0 amide bonds. The van der Waals surface area contributed by atoms with Crippen molar-refractivity contribution in [3.63, 3.8) is 0 Å². The maximum Gasteiger partial charge on any atom is 0.234 e. The van der Waals surface area contributed by atoms with Gasteiger partial charge in [0.05, 0.1) is 5.41 Å². The zero-order chi connectivity index (χ0) is 15.4. The molecule has 1 aromatic carbocycles. The summed E-state index contributed by atoms with van der Waals surface area (Å²) in [6, 6.07) is 5.91. The Morgan fingerprint density at radius 2 is 2.14 bits per heavy atom. The number of nitrogens with zero attached hydrogens (tertiary/aromatic N) is 2. The molecule has 7 heteroatoms. The molecule has 1 aliphatic heterocycles. The lowest BCUT2D eigenvalue weighted by atomic mass is 9.80. The highest BCUT2D eigenvalue weighted by atomic mass is 19.1. The number of hydrogen-bond donors (Lipinski definition) is 1. The fourth-order valence-electron chi connectivity index (χ4n) is 2.50. The number of rotatable bonds is 5. The van der Waals surface area contributed by atoms with Crippen molar-refractivity contribution in [2.24, 2.45) is 5.73 Å². The second-order valence-corrected chi connectivity index (χ2v) is 5.36. The largest absolute Gasteiger partial charge is 0.485 e. The quantitative estimate of drug-likeness (QED) is 0.907. The van der Waals surface area contributed by atoms with Gasteiger partial charge in [-0.25, -0.2) is 4.39 Å². The first-order valence-corrected chi connectivity index (χ1v) is 7.21. The molecule has 0 bridgehead atoms. The van der Waals surface area contributed by atoms with Crippen LogP contribution in [0.2, 0.25) is 0 Å². The van der Waals surface area contributed by atoms with Gasteiger partial charge < -0.3 is 19.7 Å². The minimum atomic E-state index is -0.351. The molecule has 118 valence electrons. The monoisotopic (exact) mass is 307 g/mol. The summed E-state index contributed by atoms with van der Waals surface area (Å²) in [4.78, 5) is 4.38. The van der Waals surface area contributed by atoms with E-state index in [1.807, 2.05) is 0 Å². The normalized spacial score (nSPS) is 17.4. The van der Waals surface area contributed by atoms with Crippen LogP contribution in [-0.2, 0) is 16.8 Å². The van der Waals surface area contributed by atoms with Gasteiger partial charge in [-0.2, -0.15) is 4.98 Å². The third-order valence-corrected chi connectivity index (χ3v) is 3.93. The summed E-state index contributed by atoms with van der Waals surface area (Å²) in [5, 5.41) is 3.92. The summed E-state index contributed by atoms with van der Waals surface area (Å²) in [5.41, 5.74) is 5.59. The van der Waals surface area contributed by atoms with Gasteiger partial charge in [0.2, 0.25) is 11.7 Å². The standard InChI is InChI=1S/C15H18FN3O3/c16-11-2-1-3-12(8-11)21-9-13-18-14(22-19-13)15(10-17)4-6-20-7-5-15/h1-3,8H,4-7,9-10,17H2. The summed E-state index contributed by atoms with van der Waals surface area (Å²) in [6.07, 6.45) is 1.52. The van der Waals surface area contributed by atoms with Crippen molar-refractivity contribution in [1.82, 2.24) is 10.1 Å². The second-order valence-electron chi connectivity index (χ2n) is 5.36. The van der Waals surface area contributed by atoms with E-state index in [-0.39, 0.29) is 17.8 Å². The molecule has 0 spiro atoms. The van der Waals surface area contributed by atoms with Crippen LogP contribution in [0.3, 0.4) is 0 Å². The Labute approximate surface area is 127 Å². The highest BCUT2D eigenvalue weighted by Crippen LogP contribution is 2.32. The van der Waals surface area contributed by atoms with E-state index in [0.29, 0.717) is 37.2 Å². The molecule has 1 aliphatic rings. The molecular formula is C15H18FN3O3. The molecule has 6 nitrogen and oxygen atoms in total. The number of halogens is 1. The summed E-state index contributed by atoms with van der Waals surface area (Å²) in [7, 11) is 0. The molecule has 0 radical (unpaired) electrons. The van der Waals surface area contributed by atoms with Crippen molar-refractivity contribution in [2.75, 3.05) is 19.8 Å². The first kappa shape index (κ1) is 14.9. The summed E-state index contributed by atoms with van der Waals surface area (Å²) >= 11 is 0. The number of nitrogens with two attached hydrogens (primary N) is 1. The van der Waals surface area contributed by atoms with E-state index < -0.39 is 0 Å². The number of aromatic nitrogens is 2. The molecule has 2 heterocycles. The number of ether oxygens (including phenoxy) is 2. The first-order chi connectivity index (χ1) is 10.7. The molecule has 2 N–H and O–H groups in total. The van der Waals surface area contributed by atoms with Crippen LogP contribution in [0.25, 0.3) is 0 Å². The van der Waals surface area contributed by atoms with E-state index in [4.69, 9.17) is 19.7 Å². The number of hydrogen-bond acceptors (Lipinski definition) is 6. The van der Waals surface area contributed by atoms with Crippen molar-refractivity contribution in [1.29, 1.82) is 0 Å². The van der Waals surface area contributed by atoms with Crippen LogP contribution in [-0.4, -0.2) is 29.9 Å². The summed E-state index contributed by atoms with van der Waals surface area (Å²) in [5.74, 6) is 1.01. The molecule has 0 saturated carbocycles. The predicted molar refractivity (Wildman–Crippen MR) is 75.8 cm³/mol. The fourth-order valence-corrected chi connectivity index (χ4v) is 2.50. The van der Waals surface area contributed by atoms with E-state index in [1.165, 1.54) is 12.1 Å². The van der Waals surface area contributed by atoms with E-state index >= 15 is 0 Å². The van der Waals surface area contributed by atoms with Crippen LogP contribution in [0.15, 0.2) is 28.8 Å². The van der Waals surface area contributed by atoms with Gasteiger partial charge in [0.25, 0.3) is 0 Å². The Bertz CT molecular complexity index is 626. The predicted octanol–water partition coefficient (Wildman–Crippen LogP) is 1.79. The van der Waals surface area contributed by atoms with E-state index in [0.717, 1.165) is 12.8 Å². The number of benzene rings is 1. The van der Waals surface area contributed by atoms with Gasteiger partial charge in [0.1, 0.15) is 11.6 Å². The minimum Gasteiger partial charge on any atom is -0.485 e. The zero-order valence-electron chi connectivity index (χ0n) is 12.1. The van der Waals surface area contributed by atoms with E-state index in [2.05, 4.69) is 10.1 Å².